The quantitative estimate of drug-likeness (QED) is 0.736. The van der Waals surface area contributed by atoms with Crippen LogP contribution in [0.2, 0.25) is 0 Å². The fourth-order valence-electron chi connectivity index (χ4n) is 2.88. The predicted octanol–water partition coefficient (Wildman–Crippen LogP) is 2.27. The molecule has 0 unspecified atom stereocenters. The van der Waals surface area contributed by atoms with E-state index in [1.54, 1.807) is 0 Å². The van der Waals surface area contributed by atoms with E-state index in [9.17, 15) is 4.79 Å². The van der Waals surface area contributed by atoms with Crippen molar-refractivity contribution in [1.82, 2.24) is 14.7 Å². The monoisotopic (exact) mass is 305 g/mol. The molecule has 4 nitrogen and oxygen atoms in total. The van der Waals surface area contributed by atoms with Gasteiger partial charge in [0.2, 0.25) is 0 Å². The summed E-state index contributed by atoms with van der Waals surface area (Å²) in [6, 6.07) is 6.78. The first-order chi connectivity index (χ1) is 10.1. The molecular weight excluding hydrogens is 282 g/mol. The number of hydrogen-bond donors (Lipinski definition) is 0. The molecule has 2 amide bonds. The van der Waals surface area contributed by atoms with Gasteiger partial charge in [0.1, 0.15) is 0 Å². The highest BCUT2D eigenvalue weighted by Gasteiger charge is 2.26. The van der Waals surface area contributed by atoms with Gasteiger partial charge in [0.05, 0.1) is 0 Å². The Hall–Kier alpha value is -1.20. The van der Waals surface area contributed by atoms with Crippen LogP contribution in [0, 0.1) is 6.92 Å². The molecule has 1 aromatic carbocycles. The van der Waals surface area contributed by atoms with Crippen molar-refractivity contribution in [3.05, 3.63) is 29.3 Å². The number of rotatable bonds is 0. The lowest BCUT2D eigenvalue weighted by Crippen LogP contribution is -2.51. The molecule has 2 aliphatic heterocycles. The minimum Gasteiger partial charge on any atom is -0.322 e. The number of benzene rings is 1. The van der Waals surface area contributed by atoms with Crippen LogP contribution in [0.3, 0.4) is 0 Å². The molecule has 0 aliphatic carbocycles. The zero-order valence-corrected chi connectivity index (χ0v) is 13.7. The molecule has 1 saturated heterocycles. The van der Waals surface area contributed by atoms with Crippen LogP contribution in [0.4, 0.5) is 4.79 Å². The Balaban J connectivity index is 1.72. The van der Waals surface area contributed by atoms with Gasteiger partial charge in [-0.3, -0.25) is 0 Å². The Bertz CT molecular complexity index is 526. The number of carbonyl (C=O) groups excluding carboxylic acids is 1. The number of aryl methyl sites for hydroxylation is 1. The summed E-state index contributed by atoms with van der Waals surface area (Å²) in [5.74, 6) is 0.982. The molecule has 0 bridgehead atoms. The van der Waals surface area contributed by atoms with E-state index in [4.69, 9.17) is 0 Å². The summed E-state index contributed by atoms with van der Waals surface area (Å²) in [6.45, 7) is 7.34. The lowest BCUT2D eigenvalue weighted by Gasteiger charge is -2.35. The van der Waals surface area contributed by atoms with Gasteiger partial charge in [-0.25, -0.2) is 4.79 Å². The van der Waals surface area contributed by atoms with Crippen molar-refractivity contribution in [2.75, 3.05) is 45.5 Å². The maximum Gasteiger partial charge on any atom is 0.320 e. The number of thioether (sulfide) groups is 1. The Morgan fingerprint density at radius 2 is 1.86 bits per heavy atom. The van der Waals surface area contributed by atoms with E-state index < -0.39 is 0 Å². The summed E-state index contributed by atoms with van der Waals surface area (Å²) in [6.07, 6.45) is 0. The minimum absolute atomic E-state index is 0.207. The van der Waals surface area contributed by atoms with Gasteiger partial charge >= 0.3 is 6.03 Å². The summed E-state index contributed by atoms with van der Waals surface area (Å²) in [4.78, 5) is 20.4. The Morgan fingerprint density at radius 3 is 2.62 bits per heavy atom. The molecule has 0 atom stereocenters. The normalized spacial score (nSPS) is 20.1. The molecule has 0 radical (unpaired) electrons. The van der Waals surface area contributed by atoms with Crippen LogP contribution in [0.5, 0.6) is 0 Å². The highest BCUT2D eigenvalue weighted by molar-refractivity contribution is 7.99. The Morgan fingerprint density at radius 1 is 1.10 bits per heavy atom. The second-order valence-electron chi connectivity index (χ2n) is 5.95. The average Bonchev–Trinajstić information content (AvgIpc) is 2.69. The van der Waals surface area contributed by atoms with Crippen LogP contribution >= 0.6 is 11.8 Å². The van der Waals surface area contributed by atoms with Crippen molar-refractivity contribution < 1.29 is 4.79 Å². The van der Waals surface area contributed by atoms with E-state index in [2.05, 4.69) is 37.1 Å². The van der Waals surface area contributed by atoms with Crippen molar-refractivity contribution in [3.63, 3.8) is 0 Å². The SMILES string of the molecule is Cc1ccc2c(c1)CN(C(=O)N1CCN(C)CC1)CCS2. The molecule has 114 valence electrons. The standard InChI is InChI=1S/C16H23N3OS/c1-13-3-4-15-14(11-13)12-19(9-10-21-15)16(20)18-7-5-17(2)6-8-18/h3-4,11H,5-10,12H2,1-2H3. The van der Waals surface area contributed by atoms with Gasteiger partial charge in [-0.15, -0.1) is 11.8 Å². The van der Waals surface area contributed by atoms with Gasteiger partial charge in [0.15, 0.2) is 0 Å². The zero-order chi connectivity index (χ0) is 14.8. The Kier molecular flexibility index (Phi) is 4.40. The van der Waals surface area contributed by atoms with Crippen LogP contribution < -0.4 is 0 Å². The number of urea groups is 1. The summed E-state index contributed by atoms with van der Waals surface area (Å²) in [5.41, 5.74) is 2.56. The number of carbonyl (C=O) groups is 1. The molecule has 0 aromatic heterocycles. The molecule has 21 heavy (non-hydrogen) atoms. The molecule has 3 rings (SSSR count). The number of amides is 2. The van der Waals surface area contributed by atoms with Gasteiger partial charge in [0, 0.05) is 49.9 Å². The van der Waals surface area contributed by atoms with Crippen LogP contribution in [0.15, 0.2) is 23.1 Å². The van der Waals surface area contributed by atoms with Crippen molar-refractivity contribution in [1.29, 1.82) is 0 Å². The van der Waals surface area contributed by atoms with Crippen LogP contribution in [-0.2, 0) is 6.54 Å². The van der Waals surface area contributed by atoms with E-state index in [0.717, 1.165) is 45.0 Å². The van der Waals surface area contributed by atoms with Crippen LogP contribution in [-0.4, -0.2) is 66.3 Å². The van der Waals surface area contributed by atoms with Gasteiger partial charge in [-0.05, 0) is 25.6 Å². The maximum absolute atomic E-state index is 12.7. The lowest BCUT2D eigenvalue weighted by molar-refractivity contribution is 0.122. The second kappa shape index (κ2) is 6.28. The molecule has 1 aromatic rings. The molecule has 2 heterocycles. The lowest BCUT2D eigenvalue weighted by atomic mass is 10.1. The number of piperazine rings is 1. The average molecular weight is 305 g/mol. The maximum atomic E-state index is 12.7. The number of fused-ring (bicyclic) bond motifs is 1. The number of hydrogen-bond acceptors (Lipinski definition) is 3. The summed E-state index contributed by atoms with van der Waals surface area (Å²) >= 11 is 1.87. The fourth-order valence-corrected chi connectivity index (χ4v) is 3.89. The van der Waals surface area contributed by atoms with Crippen molar-refractivity contribution in [2.24, 2.45) is 0 Å². The second-order valence-corrected chi connectivity index (χ2v) is 7.09. The first kappa shape index (κ1) is 14.7. The third-order valence-electron chi connectivity index (χ3n) is 4.24. The minimum atomic E-state index is 0.207. The summed E-state index contributed by atoms with van der Waals surface area (Å²) < 4.78 is 0. The van der Waals surface area contributed by atoms with Gasteiger partial charge in [-0.1, -0.05) is 17.7 Å². The van der Waals surface area contributed by atoms with E-state index >= 15 is 0 Å². The van der Waals surface area contributed by atoms with Crippen LogP contribution in [0.1, 0.15) is 11.1 Å². The molecule has 0 spiro atoms. The first-order valence-electron chi connectivity index (χ1n) is 7.58. The van der Waals surface area contributed by atoms with Crippen molar-refractivity contribution in [3.8, 4) is 0 Å². The van der Waals surface area contributed by atoms with E-state index in [0.29, 0.717) is 0 Å². The summed E-state index contributed by atoms with van der Waals surface area (Å²) in [5, 5.41) is 0. The van der Waals surface area contributed by atoms with Gasteiger partial charge < -0.3 is 14.7 Å². The smallest absolute Gasteiger partial charge is 0.320 e. The van der Waals surface area contributed by atoms with Crippen molar-refractivity contribution in [2.45, 2.75) is 18.4 Å². The fraction of sp³-hybridized carbons (Fsp3) is 0.562. The topological polar surface area (TPSA) is 26.8 Å². The highest BCUT2D eigenvalue weighted by Crippen LogP contribution is 2.28. The third kappa shape index (κ3) is 3.35. The van der Waals surface area contributed by atoms with E-state index in [-0.39, 0.29) is 6.03 Å². The number of nitrogens with zero attached hydrogens (tertiary/aromatic N) is 3. The molecule has 0 saturated carbocycles. The Labute approximate surface area is 131 Å². The largest absolute Gasteiger partial charge is 0.322 e. The predicted molar refractivity (Wildman–Crippen MR) is 86.8 cm³/mol. The van der Waals surface area contributed by atoms with E-state index in [1.165, 1.54) is 16.0 Å². The first-order valence-corrected chi connectivity index (χ1v) is 8.57. The molecule has 5 heteroatoms. The highest BCUT2D eigenvalue weighted by atomic mass is 32.2. The molecule has 2 aliphatic rings. The molecular formula is C16H23N3OS. The van der Waals surface area contributed by atoms with Gasteiger partial charge in [-0.2, -0.15) is 0 Å². The zero-order valence-electron chi connectivity index (χ0n) is 12.8. The third-order valence-corrected chi connectivity index (χ3v) is 5.34. The van der Waals surface area contributed by atoms with Gasteiger partial charge in [0.25, 0.3) is 0 Å². The van der Waals surface area contributed by atoms with E-state index in [1.807, 2.05) is 21.6 Å². The van der Waals surface area contributed by atoms with Crippen molar-refractivity contribution >= 4 is 17.8 Å². The van der Waals surface area contributed by atoms with Crippen LogP contribution in [0.25, 0.3) is 0 Å². The summed E-state index contributed by atoms with van der Waals surface area (Å²) in [7, 11) is 2.11. The number of likely N-dealkylation sites (N-methyl/N-ethyl adjacent to an activating group) is 1. The molecule has 0 N–H and O–H groups in total. The molecule has 1 fully saturated rings.